The Morgan fingerprint density at radius 3 is 2.48 bits per heavy atom. The summed E-state index contributed by atoms with van der Waals surface area (Å²) in [5.41, 5.74) is 6.96. The Morgan fingerprint density at radius 2 is 1.90 bits per heavy atom. The van der Waals surface area contributed by atoms with Crippen molar-refractivity contribution in [3.8, 4) is 0 Å². The molecule has 0 aliphatic heterocycles. The Morgan fingerprint density at radius 1 is 1.24 bits per heavy atom. The zero-order valence-corrected chi connectivity index (χ0v) is 13.9. The number of nitrogens with two attached hydrogens (primary N) is 1. The van der Waals surface area contributed by atoms with Crippen LogP contribution in [-0.2, 0) is 16.6 Å². The maximum Gasteiger partial charge on any atom is 0.245 e. The predicted molar refractivity (Wildman–Crippen MR) is 86.1 cm³/mol. The van der Waals surface area contributed by atoms with Gasteiger partial charge < -0.3 is 5.73 Å². The highest BCUT2D eigenvalue weighted by Crippen LogP contribution is 2.26. The Balaban J connectivity index is 2.36. The second-order valence-electron chi connectivity index (χ2n) is 4.47. The Kier molecular flexibility index (Phi) is 4.97. The zero-order valence-electron chi connectivity index (χ0n) is 11.5. The second kappa shape index (κ2) is 6.55. The van der Waals surface area contributed by atoms with Crippen molar-refractivity contribution < 1.29 is 8.42 Å². The quantitative estimate of drug-likeness (QED) is 0.821. The summed E-state index contributed by atoms with van der Waals surface area (Å²) in [5.74, 6) is 0. The van der Waals surface area contributed by atoms with E-state index >= 15 is 0 Å². The van der Waals surface area contributed by atoms with E-state index in [1.54, 1.807) is 43.6 Å². The van der Waals surface area contributed by atoms with Crippen molar-refractivity contribution in [3.05, 3.63) is 52.8 Å². The number of sulfonamides is 1. The molecule has 112 valence electrons. The van der Waals surface area contributed by atoms with E-state index in [1.807, 2.05) is 0 Å². The molecule has 0 aliphatic carbocycles. The summed E-state index contributed by atoms with van der Waals surface area (Å²) in [6, 6.07) is 8.37. The molecule has 0 spiro atoms. The lowest BCUT2D eigenvalue weighted by Crippen LogP contribution is -2.31. The SMILES string of the molecule is CCN(Cc1ccncc1)S(=O)(=O)c1ccc(Br)cc1N. The molecule has 2 N–H and O–H groups in total. The van der Waals surface area contributed by atoms with Gasteiger partial charge in [-0.3, -0.25) is 4.98 Å². The van der Waals surface area contributed by atoms with E-state index in [-0.39, 0.29) is 17.1 Å². The molecule has 2 aromatic rings. The fourth-order valence-corrected chi connectivity index (χ4v) is 3.86. The van der Waals surface area contributed by atoms with Crippen LogP contribution in [0.5, 0.6) is 0 Å². The van der Waals surface area contributed by atoms with Gasteiger partial charge in [-0.2, -0.15) is 4.31 Å². The molecule has 1 heterocycles. The van der Waals surface area contributed by atoms with E-state index in [1.165, 1.54) is 10.4 Å². The number of hydrogen-bond acceptors (Lipinski definition) is 4. The molecule has 21 heavy (non-hydrogen) atoms. The first kappa shape index (κ1) is 15.9. The summed E-state index contributed by atoms with van der Waals surface area (Å²) in [4.78, 5) is 4.06. The number of hydrogen-bond donors (Lipinski definition) is 1. The molecule has 1 aromatic carbocycles. The lowest BCUT2D eigenvalue weighted by molar-refractivity contribution is 0.423. The molecule has 5 nitrogen and oxygen atoms in total. The van der Waals surface area contributed by atoms with E-state index in [9.17, 15) is 8.42 Å². The summed E-state index contributed by atoms with van der Waals surface area (Å²) in [5, 5.41) is 0. The molecule has 0 aliphatic rings. The largest absolute Gasteiger partial charge is 0.398 e. The van der Waals surface area contributed by atoms with Crippen LogP contribution in [0.2, 0.25) is 0 Å². The lowest BCUT2D eigenvalue weighted by atomic mass is 10.3. The maximum absolute atomic E-state index is 12.7. The highest BCUT2D eigenvalue weighted by Gasteiger charge is 2.25. The molecular formula is C14H16BrN3O2S. The first-order valence-corrected chi connectivity index (χ1v) is 8.62. The fraction of sp³-hybridized carbons (Fsp3) is 0.214. The minimum atomic E-state index is -3.63. The van der Waals surface area contributed by atoms with E-state index < -0.39 is 10.0 Å². The molecule has 0 saturated heterocycles. The van der Waals surface area contributed by atoms with Crippen LogP contribution < -0.4 is 5.73 Å². The summed E-state index contributed by atoms with van der Waals surface area (Å²) in [7, 11) is -3.63. The third-order valence-electron chi connectivity index (χ3n) is 3.05. The molecular weight excluding hydrogens is 354 g/mol. The maximum atomic E-state index is 12.7. The molecule has 0 fully saturated rings. The van der Waals surface area contributed by atoms with Gasteiger partial charge in [0, 0.05) is 30.0 Å². The van der Waals surface area contributed by atoms with E-state index in [2.05, 4.69) is 20.9 Å². The average molecular weight is 370 g/mol. The van der Waals surface area contributed by atoms with Crippen LogP contribution in [0.1, 0.15) is 12.5 Å². The lowest BCUT2D eigenvalue weighted by Gasteiger charge is -2.21. The van der Waals surface area contributed by atoms with Crippen molar-refractivity contribution in [2.24, 2.45) is 0 Å². The summed E-state index contributed by atoms with van der Waals surface area (Å²) in [6.45, 7) is 2.45. The van der Waals surface area contributed by atoms with Gasteiger partial charge in [-0.15, -0.1) is 0 Å². The molecule has 0 atom stereocenters. The second-order valence-corrected chi connectivity index (χ2v) is 7.29. The van der Waals surface area contributed by atoms with Gasteiger partial charge in [0.2, 0.25) is 10.0 Å². The van der Waals surface area contributed by atoms with Gasteiger partial charge in [-0.05, 0) is 35.9 Å². The summed E-state index contributed by atoms with van der Waals surface area (Å²) in [6.07, 6.45) is 3.29. The fourth-order valence-electron chi connectivity index (χ4n) is 1.95. The number of anilines is 1. The van der Waals surface area contributed by atoms with Crippen molar-refractivity contribution in [2.45, 2.75) is 18.4 Å². The van der Waals surface area contributed by atoms with Gasteiger partial charge >= 0.3 is 0 Å². The van der Waals surface area contributed by atoms with Gasteiger partial charge in [0.05, 0.1) is 5.69 Å². The third-order valence-corrected chi connectivity index (χ3v) is 5.54. The number of rotatable bonds is 5. The van der Waals surface area contributed by atoms with Crippen LogP contribution in [0, 0.1) is 0 Å². The van der Waals surface area contributed by atoms with Gasteiger partial charge in [-0.25, -0.2) is 8.42 Å². The smallest absolute Gasteiger partial charge is 0.245 e. The predicted octanol–water partition coefficient (Wildman–Crippen LogP) is 2.64. The van der Waals surface area contributed by atoms with Gasteiger partial charge in [0.15, 0.2) is 0 Å². The topological polar surface area (TPSA) is 76.3 Å². The number of nitrogens with zero attached hydrogens (tertiary/aromatic N) is 2. The highest BCUT2D eigenvalue weighted by atomic mass is 79.9. The molecule has 0 amide bonds. The van der Waals surface area contributed by atoms with Crippen LogP contribution in [0.3, 0.4) is 0 Å². The highest BCUT2D eigenvalue weighted by molar-refractivity contribution is 9.10. The minimum Gasteiger partial charge on any atom is -0.398 e. The van der Waals surface area contributed by atoms with Crippen molar-refractivity contribution in [3.63, 3.8) is 0 Å². The molecule has 0 saturated carbocycles. The van der Waals surface area contributed by atoms with Crippen molar-refractivity contribution in [2.75, 3.05) is 12.3 Å². The molecule has 1 aromatic heterocycles. The monoisotopic (exact) mass is 369 g/mol. The molecule has 0 unspecified atom stereocenters. The first-order valence-electron chi connectivity index (χ1n) is 6.39. The van der Waals surface area contributed by atoms with E-state index in [4.69, 9.17) is 5.73 Å². The van der Waals surface area contributed by atoms with Gasteiger partial charge in [0.1, 0.15) is 4.90 Å². The number of nitrogen functional groups attached to an aromatic ring is 1. The number of aromatic nitrogens is 1. The van der Waals surface area contributed by atoms with Crippen LogP contribution >= 0.6 is 15.9 Å². The van der Waals surface area contributed by atoms with Crippen LogP contribution in [0.25, 0.3) is 0 Å². The average Bonchev–Trinajstić information content (AvgIpc) is 2.45. The van der Waals surface area contributed by atoms with Crippen LogP contribution in [0.15, 0.2) is 52.1 Å². The number of halogens is 1. The van der Waals surface area contributed by atoms with Crippen molar-refractivity contribution in [1.82, 2.24) is 9.29 Å². The van der Waals surface area contributed by atoms with Gasteiger partial charge in [-0.1, -0.05) is 22.9 Å². The Hall–Kier alpha value is -1.44. The van der Waals surface area contributed by atoms with Crippen LogP contribution in [-0.4, -0.2) is 24.3 Å². The van der Waals surface area contributed by atoms with Gasteiger partial charge in [0.25, 0.3) is 0 Å². The standard InChI is InChI=1S/C14H16BrN3O2S/c1-2-18(10-11-5-7-17-8-6-11)21(19,20)14-4-3-12(15)9-13(14)16/h3-9H,2,10,16H2,1H3. The van der Waals surface area contributed by atoms with Crippen molar-refractivity contribution in [1.29, 1.82) is 0 Å². The van der Waals surface area contributed by atoms with Crippen molar-refractivity contribution >= 4 is 31.6 Å². The van der Waals surface area contributed by atoms with E-state index in [0.717, 1.165) is 10.0 Å². The first-order chi connectivity index (χ1) is 9.95. The summed E-state index contributed by atoms with van der Waals surface area (Å²) < 4.78 is 27.6. The number of pyridine rings is 1. The zero-order chi connectivity index (χ0) is 15.5. The minimum absolute atomic E-state index is 0.126. The Labute approximate surface area is 133 Å². The summed E-state index contributed by atoms with van der Waals surface area (Å²) >= 11 is 3.28. The molecule has 0 radical (unpaired) electrons. The molecule has 2 rings (SSSR count). The van der Waals surface area contributed by atoms with Crippen LogP contribution in [0.4, 0.5) is 5.69 Å². The normalized spacial score (nSPS) is 11.8. The number of benzene rings is 1. The van der Waals surface area contributed by atoms with E-state index in [0.29, 0.717) is 6.54 Å². The molecule has 7 heteroatoms. The third kappa shape index (κ3) is 3.61. The molecule has 0 bridgehead atoms. The Bertz CT molecular complexity index is 720.